The molecule has 1 fully saturated rings. The Labute approximate surface area is 208 Å². The molecule has 2 aromatic heterocycles. The molecule has 1 atom stereocenters. The van der Waals surface area contributed by atoms with E-state index in [-0.39, 0.29) is 24.3 Å². The Morgan fingerprint density at radius 3 is 2.39 bits per heavy atom. The Balaban J connectivity index is 1.42. The van der Waals surface area contributed by atoms with Crippen LogP contribution in [0.15, 0.2) is 64.2 Å². The van der Waals surface area contributed by atoms with Gasteiger partial charge in [0.1, 0.15) is 18.5 Å². The first-order valence-electron chi connectivity index (χ1n) is 12.0. The Morgan fingerprint density at radius 2 is 1.67 bits per heavy atom. The van der Waals surface area contributed by atoms with E-state index in [4.69, 9.17) is 9.72 Å². The van der Waals surface area contributed by atoms with Gasteiger partial charge in [-0.15, -0.1) is 0 Å². The molecule has 188 valence electrons. The maximum atomic E-state index is 12.8. The summed E-state index contributed by atoms with van der Waals surface area (Å²) in [5, 5.41) is 10.9. The van der Waals surface area contributed by atoms with Gasteiger partial charge in [0.05, 0.1) is 6.54 Å². The zero-order valence-corrected chi connectivity index (χ0v) is 20.4. The van der Waals surface area contributed by atoms with Crippen molar-refractivity contribution in [2.75, 3.05) is 42.6 Å². The van der Waals surface area contributed by atoms with Crippen LogP contribution in [0.2, 0.25) is 0 Å². The molecule has 3 heterocycles. The summed E-state index contributed by atoms with van der Waals surface area (Å²) in [7, 11) is 1.58. The van der Waals surface area contributed by atoms with E-state index in [1.807, 2.05) is 49.4 Å². The molecule has 1 aliphatic heterocycles. The maximum Gasteiger partial charge on any atom is 0.329 e. The van der Waals surface area contributed by atoms with Crippen LogP contribution in [-0.4, -0.2) is 63.1 Å². The van der Waals surface area contributed by atoms with Gasteiger partial charge in [-0.3, -0.25) is 14.3 Å². The summed E-state index contributed by atoms with van der Waals surface area (Å²) < 4.78 is 8.87. The monoisotopic (exact) mass is 490 g/mol. The standard InChI is InChI=1S/C26H30N6O4/c1-18-8-6-7-11-21(18)36-17-20(33)16-32-22-23(29(2)26(35)28-24(22)34)27-25(32)31-14-12-30(13-15-31)19-9-4-3-5-10-19/h3-11,20,33H,12-17H2,1-2H3,(H,28,34,35)/t20-/m0/s1. The number of nitrogens with one attached hydrogen (secondary N) is 1. The number of hydrogen-bond acceptors (Lipinski definition) is 7. The number of aliphatic hydroxyl groups excluding tert-OH is 1. The van der Waals surface area contributed by atoms with Gasteiger partial charge in [-0.05, 0) is 30.7 Å². The van der Waals surface area contributed by atoms with E-state index in [0.717, 1.165) is 24.3 Å². The minimum atomic E-state index is -0.900. The molecule has 36 heavy (non-hydrogen) atoms. The van der Waals surface area contributed by atoms with E-state index in [1.54, 1.807) is 11.6 Å². The number of aromatic nitrogens is 4. The summed E-state index contributed by atoms with van der Waals surface area (Å²) in [6, 6.07) is 17.8. The molecule has 0 unspecified atom stereocenters. The predicted molar refractivity (Wildman–Crippen MR) is 139 cm³/mol. The van der Waals surface area contributed by atoms with E-state index in [1.165, 1.54) is 4.57 Å². The van der Waals surface area contributed by atoms with Crippen LogP contribution in [0, 0.1) is 6.92 Å². The van der Waals surface area contributed by atoms with Gasteiger partial charge in [0.25, 0.3) is 5.56 Å². The Bertz CT molecular complexity index is 1470. The summed E-state index contributed by atoms with van der Waals surface area (Å²) in [4.78, 5) is 36.5. The molecule has 0 amide bonds. The summed E-state index contributed by atoms with van der Waals surface area (Å²) in [5.74, 6) is 1.25. The van der Waals surface area contributed by atoms with Gasteiger partial charge < -0.3 is 24.2 Å². The second-order valence-corrected chi connectivity index (χ2v) is 9.05. The van der Waals surface area contributed by atoms with Gasteiger partial charge in [0.2, 0.25) is 5.95 Å². The van der Waals surface area contributed by atoms with Gasteiger partial charge in [-0.25, -0.2) is 4.79 Å². The van der Waals surface area contributed by atoms with Gasteiger partial charge in [-0.2, -0.15) is 4.98 Å². The van der Waals surface area contributed by atoms with E-state index in [0.29, 0.717) is 24.8 Å². The van der Waals surface area contributed by atoms with Crippen LogP contribution in [-0.2, 0) is 13.6 Å². The van der Waals surface area contributed by atoms with Crippen molar-refractivity contribution in [3.63, 3.8) is 0 Å². The lowest BCUT2D eigenvalue weighted by atomic mass is 10.2. The van der Waals surface area contributed by atoms with Crippen LogP contribution in [0.5, 0.6) is 5.75 Å². The number of anilines is 2. The van der Waals surface area contributed by atoms with E-state index in [2.05, 4.69) is 26.9 Å². The second-order valence-electron chi connectivity index (χ2n) is 9.05. The third-order valence-electron chi connectivity index (χ3n) is 6.59. The zero-order valence-electron chi connectivity index (χ0n) is 20.4. The SMILES string of the molecule is Cc1ccccc1OC[C@@H](O)Cn1c(N2CCN(c3ccccc3)CC2)nc2c1c(=O)[nH]c(=O)n2C. The van der Waals surface area contributed by atoms with Crippen molar-refractivity contribution in [2.45, 2.75) is 19.6 Å². The number of aliphatic hydroxyl groups is 1. The van der Waals surface area contributed by atoms with Crippen LogP contribution in [0.1, 0.15) is 5.56 Å². The van der Waals surface area contributed by atoms with Gasteiger partial charge in [-0.1, -0.05) is 36.4 Å². The number of nitrogens with zero attached hydrogens (tertiary/aromatic N) is 5. The first-order valence-corrected chi connectivity index (χ1v) is 12.0. The highest BCUT2D eigenvalue weighted by molar-refractivity contribution is 5.74. The number of benzene rings is 2. The van der Waals surface area contributed by atoms with Crippen LogP contribution in [0.3, 0.4) is 0 Å². The number of imidazole rings is 1. The lowest BCUT2D eigenvalue weighted by Crippen LogP contribution is -2.47. The highest BCUT2D eigenvalue weighted by atomic mass is 16.5. The van der Waals surface area contributed by atoms with Crippen LogP contribution < -0.4 is 25.8 Å². The van der Waals surface area contributed by atoms with Crippen molar-refractivity contribution in [3.05, 3.63) is 81.0 Å². The number of aryl methyl sites for hydroxylation is 2. The molecule has 2 aromatic carbocycles. The molecule has 0 bridgehead atoms. The van der Waals surface area contributed by atoms with Crippen molar-refractivity contribution >= 4 is 22.8 Å². The highest BCUT2D eigenvalue weighted by Gasteiger charge is 2.26. The van der Waals surface area contributed by atoms with Gasteiger partial charge >= 0.3 is 5.69 Å². The second kappa shape index (κ2) is 9.90. The van der Waals surface area contributed by atoms with Crippen molar-refractivity contribution in [1.29, 1.82) is 0 Å². The molecule has 0 radical (unpaired) electrons. The normalized spacial score (nSPS) is 14.9. The zero-order chi connectivity index (χ0) is 25.2. The Kier molecular flexibility index (Phi) is 6.51. The molecular weight excluding hydrogens is 460 g/mol. The molecule has 1 saturated heterocycles. The molecule has 2 N–H and O–H groups in total. The maximum absolute atomic E-state index is 12.8. The number of H-pyrrole nitrogens is 1. The molecule has 10 nitrogen and oxygen atoms in total. The lowest BCUT2D eigenvalue weighted by molar-refractivity contribution is 0.0933. The molecule has 0 aliphatic carbocycles. The van der Waals surface area contributed by atoms with E-state index in [9.17, 15) is 14.7 Å². The third kappa shape index (κ3) is 4.59. The number of ether oxygens (including phenoxy) is 1. The fraction of sp³-hybridized carbons (Fsp3) is 0.346. The highest BCUT2D eigenvalue weighted by Crippen LogP contribution is 2.24. The Hall–Kier alpha value is -4.05. The first-order chi connectivity index (χ1) is 17.4. The Morgan fingerprint density at radius 1 is 1.00 bits per heavy atom. The van der Waals surface area contributed by atoms with Gasteiger partial charge in [0.15, 0.2) is 11.2 Å². The first kappa shape index (κ1) is 23.7. The number of fused-ring (bicyclic) bond motifs is 1. The van der Waals surface area contributed by atoms with Gasteiger partial charge in [0, 0.05) is 38.9 Å². The van der Waals surface area contributed by atoms with Crippen molar-refractivity contribution in [2.24, 2.45) is 7.05 Å². The molecular formula is C26H30N6O4. The molecule has 10 heteroatoms. The molecule has 0 saturated carbocycles. The average Bonchev–Trinajstić information content (AvgIpc) is 3.27. The third-order valence-corrected chi connectivity index (χ3v) is 6.59. The largest absolute Gasteiger partial charge is 0.491 e. The number of piperazine rings is 1. The minimum absolute atomic E-state index is 0.0510. The molecule has 0 spiro atoms. The van der Waals surface area contributed by atoms with Crippen LogP contribution in [0.25, 0.3) is 11.2 Å². The smallest absolute Gasteiger partial charge is 0.329 e. The summed E-state index contributed by atoms with van der Waals surface area (Å²) in [5.41, 5.74) is 1.63. The number of rotatable bonds is 7. The topological polar surface area (TPSA) is 109 Å². The van der Waals surface area contributed by atoms with E-state index < -0.39 is 17.4 Å². The predicted octanol–water partition coefficient (Wildman–Crippen LogP) is 1.50. The minimum Gasteiger partial charge on any atom is -0.491 e. The van der Waals surface area contributed by atoms with Crippen molar-refractivity contribution in [1.82, 2.24) is 19.1 Å². The molecule has 5 rings (SSSR count). The van der Waals surface area contributed by atoms with Crippen LogP contribution >= 0.6 is 0 Å². The van der Waals surface area contributed by atoms with Crippen molar-refractivity contribution in [3.8, 4) is 5.75 Å². The quantitative estimate of drug-likeness (QED) is 0.404. The fourth-order valence-corrected chi connectivity index (χ4v) is 4.61. The summed E-state index contributed by atoms with van der Waals surface area (Å²) >= 11 is 0. The number of hydrogen-bond donors (Lipinski definition) is 2. The van der Waals surface area contributed by atoms with E-state index >= 15 is 0 Å². The number of para-hydroxylation sites is 2. The molecule has 4 aromatic rings. The number of aromatic amines is 1. The fourth-order valence-electron chi connectivity index (χ4n) is 4.61. The summed E-state index contributed by atoms with van der Waals surface area (Å²) in [6.07, 6.45) is -0.900. The van der Waals surface area contributed by atoms with Crippen molar-refractivity contribution < 1.29 is 9.84 Å². The lowest BCUT2D eigenvalue weighted by Gasteiger charge is -2.36. The van der Waals surface area contributed by atoms with Crippen LogP contribution in [0.4, 0.5) is 11.6 Å². The molecule has 1 aliphatic rings. The summed E-state index contributed by atoms with van der Waals surface area (Å²) in [6.45, 7) is 5.01. The average molecular weight is 491 g/mol.